The molecule has 0 saturated carbocycles. The number of nitrogens with two attached hydrogens (primary N) is 1. The maximum Gasteiger partial charge on any atom is 0.264 e. The van der Waals surface area contributed by atoms with E-state index in [0.29, 0.717) is 23.2 Å². The lowest BCUT2D eigenvalue weighted by Gasteiger charge is -2.05. The molecule has 3 rings (SSSR count). The second kappa shape index (κ2) is 8.30. The summed E-state index contributed by atoms with van der Waals surface area (Å²) in [4.78, 5) is 34.9. The molecule has 0 atom stereocenters. The van der Waals surface area contributed by atoms with Crippen LogP contribution in [0.5, 0.6) is 0 Å². The van der Waals surface area contributed by atoms with Gasteiger partial charge in [0.2, 0.25) is 5.95 Å². The molecule has 0 spiro atoms. The Morgan fingerprint density at radius 2 is 2.08 bits per heavy atom. The Bertz CT molecular complexity index is 939. The summed E-state index contributed by atoms with van der Waals surface area (Å²) in [6.45, 7) is 0.289. The lowest BCUT2D eigenvalue weighted by Crippen LogP contribution is -2.31. The third-order valence-corrected chi connectivity index (χ3v) is 4.39. The van der Waals surface area contributed by atoms with E-state index in [4.69, 9.17) is 5.73 Å². The fourth-order valence-corrected chi connectivity index (χ4v) is 2.94. The Labute approximate surface area is 152 Å². The third kappa shape index (κ3) is 4.70. The zero-order chi connectivity index (χ0) is 18.4. The number of nitrogens with one attached hydrogen (secondary N) is 3. The number of rotatable bonds is 7. The predicted octanol–water partition coefficient (Wildman–Crippen LogP) is 0.735. The van der Waals surface area contributed by atoms with Crippen LogP contribution < -0.4 is 16.6 Å². The molecule has 3 aromatic rings. The summed E-state index contributed by atoms with van der Waals surface area (Å²) in [7, 11) is 0. The van der Waals surface area contributed by atoms with Crippen LogP contribution in [0, 0.1) is 0 Å². The van der Waals surface area contributed by atoms with Crippen molar-refractivity contribution in [3.05, 3.63) is 63.8 Å². The molecule has 2 aromatic heterocycles. The quantitative estimate of drug-likeness (QED) is 0.354. The minimum absolute atomic E-state index is 0.0360. The molecular weight excluding hydrogens is 354 g/mol. The monoisotopic (exact) mass is 371 g/mol. The highest BCUT2D eigenvalue weighted by atomic mass is 32.2. The van der Waals surface area contributed by atoms with Gasteiger partial charge in [-0.05, 0) is 5.56 Å². The van der Waals surface area contributed by atoms with Gasteiger partial charge in [-0.1, -0.05) is 42.1 Å². The number of carbonyl (C=O) groups excluding carboxylic acids is 1. The average Bonchev–Trinajstić information content (AvgIpc) is 3.06. The molecule has 1 amide bonds. The Morgan fingerprint density at radius 3 is 2.77 bits per heavy atom. The third-order valence-electron chi connectivity index (χ3n) is 3.44. The van der Waals surface area contributed by atoms with Crippen LogP contribution in [-0.4, -0.2) is 37.6 Å². The Morgan fingerprint density at radius 1 is 1.27 bits per heavy atom. The number of amides is 1. The fraction of sp³-hybridized carbons (Fsp3) is 0.188. The Kier molecular flexibility index (Phi) is 5.64. The van der Waals surface area contributed by atoms with E-state index in [1.807, 2.05) is 30.3 Å². The zero-order valence-corrected chi connectivity index (χ0v) is 14.5. The first kappa shape index (κ1) is 17.7. The smallest absolute Gasteiger partial charge is 0.264 e. The van der Waals surface area contributed by atoms with Crippen molar-refractivity contribution >= 4 is 23.6 Å². The number of H-pyrrole nitrogens is 2. The van der Waals surface area contributed by atoms with Gasteiger partial charge in [0.1, 0.15) is 11.4 Å². The normalized spacial score (nSPS) is 10.6. The number of aromatic nitrogens is 5. The van der Waals surface area contributed by atoms with E-state index in [1.165, 1.54) is 18.0 Å². The molecule has 0 bridgehead atoms. The highest BCUT2D eigenvalue weighted by Gasteiger charge is 2.12. The van der Waals surface area contributed by atoms with Crippen molar-refractivity contribution in [2.24, 2.45) is 0 Å². The summed E-state index contributed by atoms with van der Waals surface area (Å²) in [6.07, 6.45) is 1.71. The maximum atomic E-state index is 12.1. The van der Waals surface area contributed by atoms with Crippen LogP contribution in [0.4, 0.5) is 5.95 Å². The van der Waals surface area contributed by atoms with E-state index >= 15 is 0 Å². The summed E-state index contributed by atoms with van der Waals surface area (Å²) in [5.41, 5.74) is 6.01. The van der Waals surface area contributed by atoms with Crippen LogP contribution in [-0.2, 0) is 12.2 Å². The topological polar surface area (TPSA) is 142 Å². The van der Waals surface area contributed by atoms with Gasteiger partial charge in [0.15, 0.2) is 5.16 Å². The summed E-state index contributed by atoms with van der Waals surface area (Å²) in [5, 5.41) is 9.45. The molecule has 9 nitrogen and oxygen atoms in total. The van der Waals surface area contributed by atoms with E-state index in [2.05, 4.69) is 30.5 Å². The largest absolute Gasteiger partial charge is 0.367 e. The molecule has 0 saturated heterocycles. The van der Waals surface area contributed by atoms with Crippen molar-refractivity contribution in [3.8, 4) is 0 Å². The van der Waals surface area contributed by atoms with E-state index in [0.717, 1.165) is 5.56 Å². The Hall–Kier alpha value is -3.14. The van der Waals surface area contributed by atoms with Crippen LogP contribution in [0.25, 0.3) is 0 Å². The molecular formula is C16H17N7O2S. The lowest BCUT2D eigenvalue weighted by molar-refractivity contribution is 0.0952. The number of hydrogen-bond acceptors (Lipinski definition) is 7. The van der Waals surface area contributed by atoms with Crippen molar-refractivity contribution in [3.63, 3.8) is 0 Å². The van der Waals surface area contributed by atoms with E-state index in [-0.39, 0.29) is 18.1 Å². The first-order valence-electron chi connectivity index (χ1n) is 7.83. The average molecular weight is 371 g/mol. The van der Waals surface area contributed by atoms with Crippen LogP contribution in [0.15, 0.2) is 46.5 Å². The predicted molar refractivity (Wildman–Crippen MR) is 97.7 cm³/mol. The van der Waals surface area contributed by atoms with Crippen molar-refractivity contribution in [2.75, 3.05) is 12.3 Å². The van der Waals surface area contributed by atoms with Gasteiger partial charge in [0.25, 0.3) is 11.5 Å². The second-order valence-electron chi connectivity index (χ2n) is 5.35. The fourth-order valence-electron chi connectivity index (χ4n) is 2.15. The summed E-state index contributed by atoms with van der Waals surface area (Å²) >= 11 is 1.40. The molecule has 5 N–H and O–H groups in total. The van der Waals surface area contributed by atoms with Crippen LogP contribution >= 0.6 is 11.8 Å². The molecule has 0 aliphatic heterocycles. The van der Waals surface area contributed by atoms with Crippen LogP contribution in [0.3, 0.4) is 0 Å². The van der Waals surface area contributed by atoms with Crippen LogP contribution in [0.2, 0.25) is 0 Å². The standard InChI is InChI=1S/C16H17N7O2S/c17-15-20-12(22-23-15)6-7-18-13(24)11-8-19-16(21-14(11)25)26-9-10-4-2-1-3-5-10/h1-5,8H,6-7,9H2,(H,18,24)(H,19,21,25)(H3,17,20,22,23). The Balaban J connectivity index is 1.54. The summed E-state index contributed by atoms with van der Waals surface area (Å²) < 4.78 is 0. The second-order valence-corrected chi connectivity index (χ2v) is 6.32. The molecule has 10 heteroatoms. The number of nitrogens with zero attached hydrogens (tertiary/aromatic N) is 3. The van der Waals surface area contributed by atoms with Gasteiger partial charge in [-0.25, -0.2) is 4.98 Å². The number of aromatic amines is 2. The number of thioether (sulfide) groups is 1. The van der Waals surface area contributed by atoms with Gasteiger partial charge in [0, 0.05) is 24.9 Å². The van der Waals surface area contributed by atoms with E-state index in [9.17, 15) is 9.59 Å². The SMILES string of the molecule is Nc1n[nH]c(CCNC(=O)c2cnc(SCc3ccccc3)[nH]c2=O)n1. The number of hydrogen-bond donors (Lipinski definition) is 4. The van der Waals surface area contributed by atoms with Crippen molar-refractivity contribution in [1.82, 2.24) is 30.5 Å². The number of benzene rings is 1. The van der Waals surface area contributed by atoms with Crippen LogP contribution in [0.1, 0.15) is 21.7 Å². The van der Waals surface area contributed by atoms with Crippen molar-refractivity contribution < 1.29 is 4.79 Å². The molecule has 0 unspecified atom stereocenters. The molecule has 0 fully saturated rings. The maximum absolute atomic E-state index is 12.1. The zero-order valence-electron chi connectivity index (χ0n) is 13.7. The molecule has 26 heavy (non-hydrogen) atoms. The minimum atomic E-state index is -0.495. The number of carbonyl (C=O) groups is 1. The molecule has 0 aliphatic rings. The highest BCUT2D eigenvalue weighted by Crippen LogP contribution is 2.17. The molecule has 2 heterocycles. The van der Waals surface area contributed by atoms with E-state index in [1.54, 1.807) is 0 Å². The first-order valence-corrected chi connectivity index (χ1v) is 8.81. The number of anilines is 1. The van der Waals surface area contributed by atoms with E-state index < -0.39 is 11.5 Å². The molecule has 0 radical (unpaired) electrons. The van der Waals surface area contributed by atoms with Gasteiger partial charge in [0.05, 0.1) is 0 Å². The van der Waals surface area contributed by atoms with Gasteiger partial charge < -0.3 is 16.0 Å². The van der Waals surface area contributed by atoms with Gasteiger partial charge in [-0.15, -0.1) is 5.10 Å². The molecule has 134 valence electrons. The summed E-state index contributed by atoms with van der Waals surface area (Å²) in [6, 6.07) is 9.84. The highest BCUT2D eigenvalue weighted by molar-refractivity contribution is 7.98. The van der Waals surface area contributed by atoms with Gasteiger partial charge in [-0.2, -0.15) is 4.98 Å². The van der Waals surface area contributed by atoms with Gasteiger partial charge >= 0.3 is 0 Å². The summed E-state index contributed by atoms with van der Waals surface area (Å²) in [5.74, 6) is 0.888. The lowest BCUT2D eigenvalue weighted by atomic mass is 10.2. The van der Waals surface area contributed by atoms with Gasteiger partial charge in [-0.3, -0.25) is 14.7 Å². The minimum Gasteiger partial charge on any atom is -0.367 e. The van der Waals surface area contributed by atoms with Crippen molar-refractivity contribution in [2.45, 2.75) is 17.3 Å². The first-order chi connectivity index (χ1) is 12.6. The van der Waals surface area contributed by atoms with Crippen molar-refractivity contribution in [1.29, 1.82) is 0 Å². The number of nitrogen functional groups attached to an aromatic ring is 1. The molecule has 0 aliphatic carbocycles. The molecule has 1 aromatic carbocycles.